The fraction of sp³-hybridized carbons (Fsp3) is 0.308. The van der Waals surface area contributed by atoms with Crippen LogP contribution in [0.3, 0.4) is 0 Å². The first kappa shape index (κ1) is 25.0. The van der Waals surface area contributed by atoms with Gasteiger partial charge >= 0.3 is 0 Å². The Morgan fingerprint density at radius 3 is 2.66 bits per heavy atom. The van der Waals surface area contributed by atoms with Gasteiger partial charge in [0.1, 0.15) is 40.6 Å². The SMILES string of the molecule is Cc1nc2cnc3c(cc(C(=O)NCc4ccc(C#N)cc4F)c(=O)n3CC(=O)N3CC(C)(F)C3)c2n1C. The normalized spacial score (nSPS) is 14.4. The Kier molecular flexibility index (Phi) is 5.94. The minimum absolute atomic E-state index is 0.0898. The molecule has 0 unspecified atom stereocenters. The Morgan fingerprint density at radius 1 is 1.26 bits per heavy atom. The number of likely N-dealkylation sites (tertiary alicyclic amines) is 1. The molecule has 2 amide bonds. The molecule has 1 fully saturated rings. The number of nitrogens with zero attached hydrogens (tertiary/aromatic N) is 6. The number of hydrogen-bond acceptors (Lipinski definition) is 6. The van der Waals surface area contributed by atoms with Crippen molar-refractivity contribution >= 4 is 33.9 Å². The number of hydrogen-bond donors (Lipinski definition) is 1. The summed E-state index contributed by atoms with van der Waals surface area (Å²) in [6.07, 6.45) is 1.49. The van der Waals surface area contributed by atoms with Gasteiger partial charge < -0.3 is 14.8 Å². The molecule has 1 aliphatic heterocycles. The Morgan fingerprint density at radius 2 is 2.00 bits per heavy atom. The number of nitrogens with one attached hydrogen (secondary N) is 1. The van der Waals surface area contributed by atoms with E-state index in [-0.39, 0.29) is 42.0 Å². The number of pyridine rings is 2. The van der Waals surface area contributed by atoms with Gasteiger partial charge in [-0.2, -0.15) is 5.26 Å². The molecule has 3 aromatic heterocycles. The third kappa shape index (κ3) is 4.26. The molecule has 10 nitrogen and oxygen atoms in total. The third-order valence-electron chi connectivity index (χ3n) is 6.72. The van der Waals surface area contributed by atoms with Crippen molar-refractivity contribution < 1.29 is 18.4 Å². The van der Waals surface area contributed by atoms with E-state index >= 15 is 0 Å². The zero-order chi connectivity index (χ0) is 27.4. The zero-order valence-corrected chi connectivity index (χ0v) is 20.9. The zero-order valence-electron chi connectivity index (χ0n) is 20.9. The molecule has 1 aliphatic rings. The first-order valence-corrected chi connectivity index (χ1v) is 11.8. The van der Waals surface area contributed by atoms with E-state index in [2.05, 4.69) is 15.3 Å². The molecule has 0 bridgehead atoms. The summed E-state index contributed by atoms with van der Waals surface area (Å²) in [5.41, 5.74) is -0.926. The molecule has 1 saturated heterocycles. The molecule has 4 aromatic rings. The van der Waals surface area contributed by atoms with E-state index in [0.717, 1.165) is 10.6 Å². The van der Waals surface area contributed by atoms with E-state index in [1.54, 1.807) is 18.5 Å². The molecule has 0 spiro atoms. The Labute approximate surface area is 215 Å². The van der Waals surface area contributed by atoms with Gasteiger partial charge in [0.05, 0.1) is 36.4 Å². The van der Waals surface area contributed by atoms with Crippen LogP contribution in [0.25, 0.3) is 22.1 Å². The van der Waals surface area contributed by atoms with Crippen molar-refractivity contribution in [2.45, 2.75) is 32.6 Å². The number of aryl methyl sites for hydroxylation is 2. The number of alkyl halides is 1. The van der Waals surface area contributed by atoms with Gasteiger partial charge in [-0.1, -0.05) is 6.07 Å². The van der Waals surface area contributed by atoms with Crippen LogP contribution in [0.5, 0.6) is 0 Å². The predicted octanol–water partition coefficient (Wildman–Crippen LogP) is 2.10. The van der Waals surface area contributed by atoms with E-state index in [0.29, 0.717) is 22.2 Å². The van der Waals surface area contributed by atoms with E-state index in [9.17, 15) is 23.2 Å². The topological polar surface area (TPSA) is 126 Å². The van der Waals surface area contributed by atoms with Crippen molar-refractivity contribution in [1.29, 1.82) is 5.26 Å². The standard InChI is InChI=1S/C26H23F2N7O3/c1-14-32-20-10-30-23-17(22(20)33(14)3)7-18(24(37)31-9-16-5-4-15(8-29)6-19(16)27)25(38)35(23)11-21(36)34-12-26(2,28)13-34/h4-7,10H,9,11-13H2,1-3H3,(H,31,37). The largest absolute Gasteiger partial charge is 0.348 e. The Balaban J connectivity index is 1.57. The van der Waals surface area contributed by atoms with Gasteiger partial charge in [0.15, 0.2) is 0 Å². The summed E-state index contributed by atoms with van der Waals surface area (Å²) in [4.78, 5) is 49.7. The molecule has 38 heavy (non-hydrogen) atoms. The summed E-state index contributed by atoms with van der Waals surface area (Å²) >= 11 is 0. The number of imidazole rings is 1. The van der Waals surface area contributed by atoms with Gasteiger partial charge in [0, 0.05) is 24.5 Å². The maximum atomic E-state index is 14.3. The number of carbonyl (C=O) groups is 2. The number of nitriles is 1. The second-order valence-corrected chi connectivity index (χ2v) is 9.66. The van der Waals surface area contributed by atoms with Gasteiger partial charge in [0.2, 0.25) is 5.91 Å². The predicted molar refractivity (Wildman–Crippen MR) is 133 cm³/mol. The van der Waals surface area contributed by atoms with Crippen LogP contribution in [0, 0.1) is 24.1 Å². The van der Waals surface area contributed by atoms with Crippen molar-refractivity contribution in [1.82, 2.24) is 29.3 Å². The van der Waals surface area contributed by atoms with Crippen LogP contribution < -0.4 is 10.9 Å². The summed E-state index contributed by atoms with van der Waals surface area (Å²) in [5.74, 6) is -1.26. The lowest BCUT2D eigenvalue weighted by Gasteiger charge is -2.42. The van der Waals surface area contributed by atoms with E-state index in [1.807, 2.05) is 6.07 Å². The lowest BCUT2D eigenvalue weighted by molar-refractivity contribution is -0.144. The maximum absolute atomic E-state index is 14.3. The van der Waals surface area contributed by atoms with E-state index in [4.69, 9.17) is 5.26 Å². The quantitative estimate of drug-likeness (QED) is 0.431. The van der Waals surface area contributed by atoms with E-state index < -0.39 is 35.4 Å². The highest BCUT2D eigenvalue weighted by Crippen LogP contribution is 2.26. The fourth-order valence-electron chi connectivity index (χ4n) is 4.64. The van der Waals surface area contributed by atoms with Crippen molar-refractivity contribution in [3.8, 4) is 6.07 Å². The van der Waals surface area contributed by atoms with Gasteiger partial charge in [-0.3, -0.25) is 19.0 Å². The van der Waals surface area contributed by atoms with Crippen molar-refractivity contribution in [2.75, 3.05) is 13.1 Å². The first-order chi connectivity index (χ1) is 18.0. The summed E-state index contributed by atoms with van der Waals surface area (Å²) in [7, 11) is 1.78. The fourth-order valence-corrected chi connectivity index (χ4v) is 4.64. The number of benzene rings is 1. The molecular formula is C26H23F2N7O3. The van der Waals surface area contributed by atoms with Crippen molar-refractivity contribution in [3.05, 3.63) is 69.1 Å². The monoisotopic (exact) mass is 519 g/mol. The number of rotatable bonds is 5. The van der Waals surface area contributed by atoms with Crippen LogP contribution in [0.15, 0.2) is 35.3 Å². The highest BCUT2D eigenvalue weighted by molar-refractivity contribution is 6.05. The lowest BCUT2D eigenvalue weighted by atomic mass is 9.99. The van der Waals surface area contributed by atoms with Crippen molar-refractivity contribution in [2.24, 2.45) is 7.05 Å². The summed E-state index contributed by atoms with van der Waals surface area (Å²) in [5, 5.41) is 11.9. The number of halogens is 2. The molecule has 0 aliphatic carbocycles. The van der Waals surface area contributed by atoms with Gasteiger partial charge in [0.25, 0.3) is 11.5 Å². The van der Waals surface area contributed by atoms with Crippen LogP contribution >= 0.6 is 0 Å². The summed E-state index contributed by atoms with van der Waals surface area (Å²) in [6, 6.07) is 7.08. The van der Waals surface area contributed by atoms with Gasteiger partial charge in [-0.05, 0) is 32.0 Å². The van der Waals surface area contributed by atoms with Gasteiger partial charge in [-0.15, -0.1) is 0 Å². The molecular weight excluding hydrogens is 496 g/mol. The minimum Gasteiger partial charge on any atom is -0.348 e. The first-order valence-electron chi connectivity index (χ1n) is 11.8. The number of carbonyl (C=O) groups excluding carboxylic acids is 2. The molecule has 0 saturated carbocycles. The molecule has 12 heteroatoms. The number of aromatic nitrogens is 4. The number of amides is 2. The molecule has 0 atom stereocenters. The maximum Gasteiger partial charge on any atom is 0.265 e. The smallest absolute Gasteiger partial charge is 0.265 e. The molecule has 1 aromatic carbocycles. The lowest BCUT2D eigenvalue weighted by Crippen LogP contribution is -2.60. The summed E-state index contributed by atoms with van der Waals surface area (Å²) in [6.45, 7) is 2.34. The molecule has 194 valence electrons. The molecule has 1 N–H and O–H groups in total. The second kappa shape index (κ2) is 9.02. The third-order valence-corrected chi connectivity index (χ3v) is 6.72. The van der Waals surface area contributed by atoms with Crippen LogP contribution in [0.4, 0.5) is 8.78 Å². The van der Waals surface area contributed by atoms with Crippen LogP contribution in [-0.4, -0.2) is 54.6 Å². The Hall–Kier alpha value is -4.66. The Bertz CT molecular complexity index is 1740. The van der Waals surface area contributed by atoms with Crippen LogP contribution in [0.2, 0.25) is 0 Å². The second-order valence-electron chi connectivity index (χ2n) is 9.66. The van der Waals surface area contributed by atoms with E-state index in [1.165, 1.54) is 36.2 Å². The van der Waals surface area contributed by atoms with Crippen LogP contribution in [-0.2, 0) is 24.9 Å². The van der Waals surface area contributed by atoms with Crippen LogP contribution in [0.1, 0.15) is 34.2 Å². The number of fused-ring (bicyclic) bond motifs is 3. The van der Waals surface area contributed by atoms with Gasteiger partial charge in [-0.25, -0.2) is 18.7 Å². The highest BCUT2D eigenvalue weighted by atomic mass is 19.1. The highest BCUT2D eigenvalue weighted by Gasteiger charge is 2.41. The average Bonchev–Trinajstić information content (AvgIpc) is 3.16. The molecule has 5 rings (SSSR count). The van der Waals surface area contributed by atoms with Crippen molar-refractivity contribution in [3.63, 3.8) is 0 Å². The minimum atomic E-state index is -1.48. The molecule has 0 radical (unpaired) electrons. The summed E-state index contributed by atoms with van der Waals surface area (Å²) < 4.78 is 31.2. The molecule has 4 heterocycles. The average molecular weight is 520 g/mol.